The summed E-state index contributed by atoms with van der Waals surface area (Å²) in [4.78, 5) is 16.6. The molecule has 0 aliphatic rings. The molecule has 3 rings (SSSR count). The Morgan fingerprint density at radius 2 is 1.96 bits per heavy atom. The fourth-order valence-electron chi connectivity index (χ4n) is 2.80. The molecule has 0 saturated carbocycles. The third kappa shape index (κ3) is 2.97. The van der Waals surface area contributed by atoms with Crippen molar-refractivity contribution < 1.29 is 14.6 Å². The number of fused-ring (bicyclic) bond motifs is 1. The van der Waals surface area contributed by atoms with Crippen LogP contribution in [0.25, 0.3) is 11.0 Å². The number of carbonyl (C=O) groups is 1. The Morgan fingerprint density at radius 3 is 2.62 bits per heavy atom. The number of hydrogen-bond acceptors (Lipinski definition) is 4. The smallest absolute Gasteiger partial charge is 0.338 e. The summed E-state index contributed by atoms with van der Waals surface area (Å²) in [6, 6.07) is 13.2. The van der Waals surface area contributed by atoms with Gasteiger partial charge in [-0.15, -0.1) is 0 Å². The summed E-state index contributed by atoms with van der Waals surface area (Å²) >= 11 is 0. The molecule has 24 heavy (non-hydrogen) atoms. The number of rotatable bonds is 5. The van der Waals surface area contributed by atoms with Crippen molar-refractivity contribution in [1.82, 2.24) is 9.55 Å². The van der Waals surface area contributed by atoms with E-state index >= 15 is 0 Å². The second kappa shape index (κ2) is 6.74. The molecule has 1 N–H and O–H groups in total. The molecule has 0 fully saturated rings. The van der Waals surface area contributed by atoms with Gasteiger partial charge in [-0.05, 0) is 24.6 Å². The highest BCUT2D eigenvalue weighted by molar-refractivity contribution is 5.96. The minimum Gasteiger partial charge on any atom is -0.506 e. The highest BCUT2D eigenvalue weighted by Gasteiger charge is 2.17. The van der Waals surface area contributed by atoms with E-state index in [-0.39, 0.29) is 5.75 Å². The van der Waals surface area contributed by atoms with Crippen molar-refractivity contribution in [2.45, 2.75) is 26.8 Å². The predicted molar refractivity (Wildman–Crippen MR) is 92.3 cm³/mol. The van der Waals surface area contributed by atoms with Gasteiger partial charge in [0.25, 0.3) is 0 Å². The Morgan fingerprint density at radius 1 is 1.21 bits per heavy atom. The van der Waals surface area contributed by atoms with Crippen LogP contribution in [-0.2, 0) is 17.7 Å². The molecule has 5 heteroatoms. The van der Waals surface area contributed by atoms with E-state index in [1.807, 2.05) is 41.8 Å². The number of aryl methyl sites for hydroxylation is 1. The molecular weight excluding hydrogens is 304 g/mol. The normalized spacial score (nSPS) is 10.9. The van der Waals surface area contributed by atoms with Crippen molar-refractivity contribution in [2.24, 2.45) is 0 Å². The number of hydrogen-bond donors (Lipinski definition) is 1. The average molecular weight is 324 g/mol. The molecule has 124 valence electrons. The Balaban J connectivity index is 2.13. The van der Waals surface area contributed by atoms with E-state index in [1.165, 1.54) is 6.07 Å². The van der Waals surface area contributed by atoms with E-state index in [9.17, 15) is 9.90 Å². The Kier molecular flexibility index (Phi) is 4.51. The van der Waals surface area contributed by atoms with Gasteiger partial charge in [-0.25, -0.2) is 9.78 Å². The molecule has 0 spiro atoms. The second-order valence-corrected chi connectivity index (χ2v) is 5.54. The molecule has 3 aromatic rings. The topological polar surface area (TPSA) is 64.3 Å². The first-order valence-electron chi connectivity index (χ1n) is 8.07. The van der Waals surface area contributed by atoms with E-state index in [1.54, 1.807) is 13.0 Å². The third-order valence-corrected chi connectivity index (χ3v) is 3.92. The van der Waals surface area contributed by atoms with Crippen molar-refractivity contribution in [3.05, 3.63) is 59.4 Å². The fraction of sp³-hybridized carbons (Fsp3) is 0.263. The van der Waals surface area contributed by atoms with E-state index in [0.29, 0.717) is 24.2 Å². The van der Waals surface area contributed by atoms with Gasteiger partial charge >= 0.3 is 5.97 Å². The predicted octanol–water partition coefficient (Wildman–Crippen LogP) is 3.53. The van der Waals surface area contributed by atoms with E-state index in [2.05, 4.69) is 4.98 Å². The van der Waals surface area contributed by atoms with Crippen LogP contribution in [0.3, 0.4) is 0 Å². The summed E-state index contributed by atoms with van der Waals surface area (Å²) in [5.74, 6) is 0.419. The minimum absolute atomic E-state index is 0.00272. The van der Waals surface area contributed by atoms with Gasteiger partial charge in [0.05, 0.1) is 17.7 Å². The van der Waals surface area contributed by atoms with Crippen LogP contribution in [0.2, 0.25) is 0 Å². The number of carbonyl (C=O) groups excluding carboxylic acids is 1. The van der Waals surface area contributed by atoms with Crippen molar-refractivity contribution in [3.63, 3.8) is 0 Å². The summed E-state index contributed by atoms with van der Waals surface area (Å²) in [7, 11) is 0. The molecule has 0 atom stereocenters. The molecule has 0 bridgehead atoms. The van der Waals surface area contributed by atoms with Gasteiger partial charge in [-0.3, -0.25) is 0 Å². The lowest BCUT2D eigenvalue weighted by molar-refractivity contribution is 0.0526. The van der Waals surface area contributed by atoms with Crippen LogP contribution in [0.5, 0.6) is 5.75 Å². The maximum atomic E-state index is 12.0. The number of phenolic OH excluding ortho intramolecular Hbond substituents is 1. The first-order chi connectivity index (χ1) is 11.6. The number of nitrogens with zero attached hydrogens (tertiary/aromatic N) is 2. The molecule has 1 aromatic heterocycles. The van der Waals surface area contributed by atoms with Gasteiger partial charge < -0.3 is 14.4 Å². The van der Waals surface area contributed by atoms with E-state index in [0.717, 1.165) is 23.3 Å². The highest BCUT2D eigenvalue weighted by atomic mass is 16.5. The first-order valence-corrected chi connectivity index (χ1v) is 8.07. The zero-order valence-electron chi connectivity index (χ0n) is 13.8. The van der Waals surface area contributed by atoms with Crippen LogP contribution < -0.4 is 0 Å². The monoisotopic (exact) mass is 324 g/mol. The number of ether oxygens (including phenoxy) is 1. The zero-order valence-corrected chi connectivity index (χ0v) is 13.8. The Bertz CT molecular complexity index is 869. The minimum atomic E-state index is -0.444. The van der Waals surface area contributed by atoms with Crippen LogP contribution in [0.15, 0.2) is 42.5 Å². The molecule has 0 unspecified atom stereocenters. The van der Waals surface area contributed by atoms with Crippen molar-refractivity contribution in [1.29, 1.82) is 0 Å². The van der Waals surface area contributed by atoms with Crippen LogP contribution in [0.1, 0.15) is 35.6 Å². The molecule has 0 aliphatic carbocycles. The van der Waals surface area contributed by atoms with Crippen LogP contribution >= 0.6 is 0 Å². The zero-order chi connectivity index (χ0) is 17.1. The molecule has 0 radical (unpaired) electrons. The number of imidazole rings is 1. The van der Waals surface area contributed by atoms with Gasteiger partial charge in [0.15, 0.2) is 0 Å². The maximum Gasteiger partial charge on any atom is 0.338 e. The lowest BCUT2D eigenvalue weighted by atomic mass is 10.1. The molecule has 1 heterocycles. The van der Waals surface area contributed by atoms with Crippen molar-refractivity contribution in [3.8, 4) is 5.75 Å². The SMILES string of the molecule is CCOC(=O)c1cc(O)c2nc(CC)n(Cc3ccccc3)c2c1. The van der Waals surface area contributed by atoms with Crippen molar-refractivity contribution >= 4 is 17.0 Å². The molecule has 0 saturated heterocycles. The van der Waals surface area contributed by atoms with Gasteiger partial charge in [0.2, 0.25) is 0 Å². The molecule has 2 aromatic carbocycles. The van der Waals surface area contributed by atoms with Crippen LogP contribution in [0.4, 0.5) is 0 Å². The molecular formula is C19H20N2O3. The van der Waals surface area contributed by atoms with E-state index in [4.69, 9.17) is 4.74 Å². The highest BCUT2D eigenvalue weighted by Crippen LogP contribution is 2.28. The van der Waals surface area contributed by atoms with Gasteiger partial charge in [-0.1, -0.05) is 37.3 Å². The lowest BCUT2D eigenvalue weighted by Gasteiger charge is -2.09. The summed E-state index contributed by atoms with van der Waals surface area (Å²) in [6.07, 6.45) is 0.732. The quantitative estimate of drug-likeness (QED) is 0.729. The number of aromatic hydroxyl groups is 1. The Hall–Kier alpha value is -2.82. The largest absolute Gasteiger partial charge is 0.506 e. The Labute approximate surface area is 140 Å². The second-order valence-electron chi connectivity index (χ2n) is 5.54. The molecule has 0 aliphatic heterocycles. The number of phenols is 1. The third-order valence-electron chi connectivity index (χ3n) is 3.92. The maximum absolute atomic E-state index is 12.0. The summed E-state index contributed by atoms with van der Waals surface area (Å²) in [5, 5.41) is 10.3. The van der Waals surface area contributed by atoms with Crippen LogP contribution in [0, 0.1) is 0 Å². The summed E-state index contributed by atoms with van der Waals surface area (Å²) in [6.45, 7) is 4.70. The number of aromatic nitrogens is 2. The summed E-state index contributed by atoms with van der Waals surface area (Å²) < 4.78 is 7.08. The van der Waals surface area contributed by atoms with Gasteiger partial charge in [0.1, 0.15) is 17.1 Å². The van der Waals surface area contributed by atoms with Crippen molar-refractivity contribution in [2.75, 3.05) is 6.61 Å². The summed E-state index contributed by atoms with van der Waals surface area (Å²) in [5.41, 5.74) is 2.71. The number of esters is 1. The van der Waals surface area contributed by atoms with Gasteiger partial charge in [-0.2, -0.15) is 0 Å². The van der Waals surface area contributed by atoms with Gasteiger partial charge in [0, 0.05) is 13.0 Å². The van der Waals surface area contributed by atoms with E-state index < -0.39 is 5.97 Å². The van der Waals surface area contributed by atoms with Crippen LogP contribution in [-0.4, -0.2) is 27.2 Å². The lowest BCUT2D eigenvalue weighted by Crippen LogP contribution is -2.07. The molecule has 0 amide bonds. The first kappa shape index (κ1) is 16.1. The molecule has 5 nitrogen and oxygen atoms in total. The fourth-order valence-corrected chi connectivity index (χ4v) is 2.80. The standard InChI is InChI=1S/C19H20N2O3/c1-3-17-20-18-15(21(17)12-13-8-6-5-7-9-13)10-14(11-16(18)22)19(23)24-4-2/h5-11,22H,3-4,12H2,1-2H3. The number of benzene rings is 2. The average Bonchev–Trinajstić information content (AvgIpc) is 2.94.